The molecule has 0 bridgehead atoms. The number of aromatic nitrogens is 1. The highest BCUT2D eigenvalue weighted by atomic mass is 79.9. The second-order valence-electron chi connectivity index (χ2n) is 3.93. The van der Waals surface area contributed by atoms with Crippen LogP contribution in [0.3, 0.4) is 0 Å². The molecule has 19 heavy (non-hydrogen) atoms. The number of pyridine rings is 1. The summed E-state index contributed by atoms with van der Waals surface area (Å²) in [5, 5.41) is 2.74. The highest BCUT2D eigenvalue weighted by Crippen LogP contribution is 2.24. The molecule has 0 saturated carbocycles. The minimum atomic E-state index is -0.256. The number of nitrogen functional groups attached to an aromatic ring is 1. The lowest BCUT2D eigenvalue weighted by molar-refractivity contribution is 0.102. The number of hydrogen-bond acceptors (Lipinski definition) is 3. The van der Waals surface area contributed by atoms with Crippen molar-refractivity contribution in [3.63, 3.8) is 0 Å². The van der Waals surface area contributed by atoms with E-state index >= 15 is 0 Å². The van der Waals surface area contributed by atoms with Gasteiger partial charge in [-0.25, -0.2) is 4.98 Å². The molecule has 2 rings (SSSR count). The van der Waals surface area contributed by atoms with E-state index in [0.717, 1.165) is 10.2 Å². The minimum Gasteiger partial charge on any atom is -0.398 e. The van der Waals surface area contributed by atoms with Crippen LogP contribution >= 0.6 is 31.9 Å². The van der Waals surface area contributed by atoms with Crippen LogP contribution in [0.25, 0.3) is 0 Å². The Balaban J connectivity index is 2.26. The fraction of sp³-hybridized carbons (Fsp3) is 0.0769. The first kappa shape index (κ1) is 14.0. The van der Waals surface area contributed by atoms with Gasteiger partial charge in [-0.05, 0) is 63.0 Å². The van der Waals surface area contributed by atoms with Crippen LogP contribution in [0.4, 0.5) is 11.5 Å². The fourth-order valence-electron chi connectivity index (χ4n) is 1.52. The molecule has 0 aliphatic rings. The molecule has 1 amide bonds. The van der Waals surface area contributed by atoms with Crippen molar-refractivity contribution < 1.29 is 4.79 Å². The van der Waals surface area contributed by atoms with E-state index in [2.05, 4.69) is 42.2 Å². The van der Waals surface area contributed by atoms with Crippen molar-refractivity contribution in [2.75, 3.05) is 11.1 Å². The van der Waals surface area contributed by atoms with Gasteiger partial charge in [0.25, 0.3) is 5.91 Å². The van der Waals surface area contributed by atoms with E-state index in [4.69, 9.17) is 5.73 Å². The Hall–Kier alpha value is -1.40. The monoisotopic (exact) mass is 383 g/mol. The average molecular weight is 385 g/mol. The first-order valence-electron chi connectivity index (χ1n) is 5.47. The van der Waals surface area contributed by atoms with Gasteiger partial charge in [0, 0.05) is 10.2 Å². The number of rotatable bonds is 2. The summed E-state index contributed by atoms with van der Waals surface area (Å²) < 4.78 is 1.48. The smallest absolute Gasteiger partial charge is 0.258 e. The number of nitrogens with one attached hydrogen (secondary N) is 1. The standard InChI is InChI=1S/C13H11Br2N3O/c1-7-9(14)5-6-11(17-7)18-13(19)8-3-2-4-10(16)12(8)15/h2-6H,16H2,1H3,(H,17,18,19). The van der Waals surface area contributed by atoms with Gasteiger partial charge < -0.3 is 11.1 Å². The maximum atomic E-state index is 12.1. The Kier molecular flexibility index (Phi) is 4.21. The summed E-state index contributed by atoms with van der Waals surface area (Å²) in [6.45, 7) is 1.86. The van der Waals surface area contributed by atoms with Gasteiger partial charge in [0.1, 0.15) is 5.82 Å². The zero-order chi connectivity index (χ0) is 14.0. The number of carbonyl (C=O) groups excluding carboxylic acids is 1. The van der Waals surface area contributed by atoms with Gasteiger partial charge in [0.2, 0.25) is 0 Å². The molecule has 3 N–H and O–H groups in total. The average Bonchev–Trinajstić information content (AvgIpc) is 2.37. The van der Waals surface area contributed by atoms with Crippen LogP contribution in [0.1, 0.15) is 16.1 Å². The normalized spacial score (nSPS) is 10.3. The van der Waals surface area contributed by atoms with E-state index in [1.165, 1.54) is 0 Å². The molecule has 0 radical (unpaired) electrons. The Labute approximate surface area is 127 Å². The first-order chi connectivity index (χ1) is 8.99. The molecule has 0 fully saturated rings. The van der Waals surface area contributed by atoms with E-state index in [-0.39, 0.29) is 5.91 Å². The number of carbonyl (C=O) groups is 1. The number of nitrogens with two attached hydrogens (primary N) is 1. The number of anilines is 2. The van der Waals surface area contributed by atoms with Crippen LogP contribution in [-0.2, 0) is 0 Å². The largest absolute Gasteiger partial charge is 0.398 e. The maximum Gasteiger partial charge on any atom is 0.258 e. The molecule has 1 aromatic heterocycles. The van der Waals surface area contributed by atoms with Gasteiger partial charge in [0.05, 0.1) is 15.7 Å². The molecule has 1 aromatic carbocycles. The predicted molar refractivity (Wildman–Crippen MR) is 83.2 cm³/mol. The molecule has 4 nitrogen and oxygen atoms in total. The Bertz CT molecular complexity index is 644. The molecule has 2 aromatic rings. The highest BCUT2D eigenvalue weighted by Gasteiger charge is 2.12. The SMILES string of the molecule is Cc1nc(NC(=O)c2cccc(N)c2Br)ccc1Br. The minimum absolute atomic E-state index is 0.256. The van der Waals surface area contributed by atoms with Gasteiger partial charge in [-0.3, -0.25) is 4.79 Å². The zero-order valence-corrected chi connectivity index (χ0v) is 13.2. The molecule has 0 saturated heterocycles. The summed E-state index contributed by atoms with van der Waals surface area (Å²) in [7, 11) is 0. The van der Waals surface area contributed by atoms with E-state index < -0.39 is 0 Å². The Morgan fingerprint density at radius 3 is 2.68 bits per heavy atom. The lowest BCUT2D eigenvalue weighted by atomic mass is 10.2. The summed E-state index contributed by atoms with van der Waals surface area (Å²) in [6, 6.07) is 8.72. The number of halogens is 2. The predicted octanol–water partition coefficient (Wildman–Crippen LogP) is 3.75. The molecule has 1 heterocycles. The van der Waals surface area contributed by atoms with Gasteiger partial charge in [-0.2, -0.15) is 0 Å². The van der Waals surface area contributed by atoms with Crippen molar-refractivity contribution in [1.29, 1.82) is 0 Å². The van der Waals surface area contributed by atoms with Gasteiger partial charge >= 0.3 is 0 Å². The lowest BCUT2D eigenvalue weighted by Gasteiger charge is -2.08. The molecule has 0 atom stereocenters. The Morgan fingerprint density at radius 2 is 2.00 bits per heavy atom. The van der Waals surface area contributed by atoms with Crippen molar-refractivity contribution in [3.8, 4) is 0 Å². The van der Waals surface area contributed by atoms with Crippen molar-refractivity contribution in [2.24, 2.45) is 0 Å². The second kappa shape index (κ2) is 5.71. The molecule has 0 aliphatic heterocycles. The lowest BCUT2D eigenvalue weighted by Crippen LogP contribution is -2.14. The van der Waals surface area contributed by atoms with E-state index in [9.17, 15) is 4.79 Å². The summed E-state index contributed by atoms with van der Waals surface area (Å²) in [4.78, 5) is 16.4. The number of hydrogen-bond donors (Lipinski definition) is 2. The molecular formula is C13H11Br2N3O. The van der Waals surface area contributed by atoms with Crippen molar-refractivity contribution >= 4 is 49.3 Å². The summed E-state index contributed by atoms with van der Waals surface area (Å²) in [6.07, 6.45) is 0. The molecule has 0 spiro atoms. The molecule has 98 valence electrons. The molecule has 0 unspecified atom stereocenters. The van der Waals surface area contributed by atoms with Crippen molar-refractivity contribution in [1.82, 2.24) is 4.98 Å². The summed E-state index contributed by atoms with van der Waals surface area (Å²) in [5.74, 6) is 0.244. The molecule has 6 heteroatoms. The number of aryl methyl sites for hydroxylation is 1. The maximum absolute atomic E-state index is 12.1. The van der Waals surface area contributed by atoms with E-state index in [1.54, 1.807) is 24.3 Å². The third-order valence-corrected chi connectivity index (χ3v) is 4.26. The van der Waals surface area contributed by atoms with Crippen LogP contribution < -0.4 is 11.1 Å². The third-order valence-electron chi connectivity index (χ3n) is 2.54. The first-order valence-corrected chi connectivity index (χ1v) is 7.06. The van der Waals surface area contributed by atoms with Crippen LogP contribution in [0.2, 0.25) is 0 Å². The second-order valence-corrected chi connectivity index (χ2v) is 5.57. The molecule has 0 aliphatic carbocycles. The van der Waals surface area contributed by atoms with Crippen LogP contribution in [0.5, 0.6) is 0 Å². The van der Waals surface area contributed by atoms with Crippen molar-refractivity contribution in [3.05, 3.63) is 50.5 Å². The zero-order valence-electron chi connectivity index (χ0n) is 10.1. The van der Waals surface area contributed by atoms with Crippen LogP contribution in [0, 0.1) is 6.92 Å². The summed E-state index contributed by atoms with van der Waals surface area (Å²) >= 11 is 6.67. The number of nitrogens with zero attached hydrogens (tertiary/aromatic N) is 1. The highest BCUT2D eigenvalue weighted by molar-refractivity contribution is 9.11. The van der Waals surface area contributed by atoms with Gasteiger partial charge in [-0.15, -0.1) is 0 Å². The van der Waals surface area contributed by atoms with Crippen molar-refractivity contribution in [2.45, 2.75) is 6.92 Å². The number of benzene rings is 1. The number of amides is 1. The van der Waals surface area contributed by atoms with Crippen LogP contribution in [0.15, 0.2) is 39.3 Å². The quantitative estimate of drug-likeness (QED) is 0.774. The van der Waals surface area contributed by atoms with E-state index in [1.807, 2.05) is 13.0 Å². The topological polar surface area (TPSA) is 68.0 Å². The third kappa shape index (κ3) is 3.13. The van der Waals surface area contributed by atoms with Crippen LogP contribution in [-0.4, -0.2) is 10.9 Å². The fourth-order valence-corrected chi connectivity index (χ4v) is 2.19. The van der Waals surface area contributed by atoms with E-state index in [0.29, 0.717) is 21.5 Å². The molecular weight excluding hydrogens is 374 g/mol. The Morgan fingerprint density at radius 1 is 1.26 bits per heavy atom. The van der Waals surface area contributed by atoms with Gasteiger partial charge in [-0.1, -0.05) is 6.07 Å². The summed E-state index contributed by atoms with van der Waals surface area (Å²) in [5.41, 5.74) is 7.55. The van der Waals surface area contributed by atoms with Gasteiger partial charge in [0.15, 0.2) is 0 Å².